The molecular formula is C13H14F2O3. The Morgan fingerprint density at radius 3 is 2.83 bits per heavy atom. The Balaban J connectivity index is 2.06. The van der Waals surface area contributed by atoms with Gasteiger partial charge in [-0.2, -0.15) is 0 Å². The van der Waals surface area contributed by atoms with Crippen molar-refractivity contribution in [3.05, 3.63) is 34.9 Å². The van der Waals surface area contributed by atoms with Gasteiger partial charge in [0.15, 0.2) is 11.6 Å². The molecule has 18 heavy (non-hydrogen) atoms. The fourth-order valence-corrected chi connectivity index (χ4v) is 1.75. The quantitative estimate of drug-likeness (QED) is 0.600. The molecule has 0 saturated carbocycles. The minimum absolute atomic E-state index is 0.157. The van der Waals surface area contributed by atoms with Crippen molar-refractivity contribution in [1.29, 1.82) is 0 Å². The highest BCUT2D eigenvalue weighted by Crippen LogP contribution is 2.33. The summed E-state index contributed by atoms with van der Waals surface area (Å²) in [6.07, 6.45) is 0.140. The third kappa shape index (κ3) is 3.04. The predicted molar refractivity (Wildman–Crippen MR) is 60.0 cm³/mol. The van der Waals surface area contributed by atoms with Crippen LogP contribution in [0.2, 0.25) is 0 Å². The lowest BCUT2D eigenvalue weighted by molar-refractivity contribution is -0.143. The van der Waals surface area contributed by atoms with Crippen LogP contribution >= 0.6 is 0 Å². The number of hydrogen-bond acceptors (Lipinski definition) is 3. The molecule has 0 amide bonds. The van der Waals surface area contributed by atoms with Crippen molar-refractivity contribution < 1.29 is 23.0 Å². The molecule has 1 aromatic carbocycles. The van der Waals surface area contributed by atoms with Crippen LogP contribution in [0.25, 0.3) is 0 Å². The lowest BCUT2D eigenvalue weighted by Crippen LogP contribution is -2.06. The zero-order chi connectivity index (χ0) is 13.1. The minimum atomic E-state index is -0.901. The van der Waals surface area contributed by atoms with Gasteiger partial charge in [0, 0.05) is 12.0 Å². The van der Waals surface area contributed by atoms with Crippen LogP contribution in [0.5, 0.6) is 0 Å². The molecule has 2 rings (SSSR count). The van der Waals surface area contributed by atoms with Crippen molar-refractivity contribution >= 4 is 5.97 Å². The van der Waals surface area contributed by atoms with Crippen molar-refractivity contribution in [2.75, 3.05) is 13.2 Å². The van der Waals surface area contributed by atoms with E-state index in [9.17, 15) is 13.6 Å². The number of carbonyl (C=O) groups is 1. The zero-order valence-electron chi connectivity index (χ0n) is 10.0. The summed E-state index contributed by atoms with van der Waals surface area (Å²) >= 11 is 0. The standard InChI is InChI=1S/C13H14F2O3/c1-2-17-12(16)4-3-8-5-9(11-7-18-11)13(15)10(14)6-8/h5-6,11H,2-4,7H2,1H3/t11-/m1/s1. The largest absolute Gasteiger partial charge is 0.466 e. The maximum atomic E-state index is 13.4. The van der Waals surface area contributed by atoms with Crippen molar-refractivity contribution in [2.45, 2.75) is 25.9 Å². The number of hydrogen-bond donors (Lipinski definition) is 0. The molecule has 0 N–H and O–H groups in total. The second-order valence-electron chi connectivity index (χ2n) is 4.11. The number of ether oxygens (including phenoxy) is 2. The Morgan fingerprint density at radius 2 is 2.22 bits per heavy atom. The summed E-state index contributed by atoms with van der Waals surface area (Å²) in [4.78, 5) is 11.2. The van der Waals surface area contributed by atoms with Crippen LogP contribution in [0.4, 0.5) is 8.78 Å². The maximum Gasteiger partial charge on any atom is 0.306 e. The van der Waals surface area contributed by atoms with E-state index in [4.69, 9.17) is 9.47 Å². The molecule has 1 atom stereocenters. The van der Waals surface area contributed by atoms with E-state index in [1.807, 2.05) is 0 Å². The molecule has 1 heterocycles. The van der Waals surface area contributed by atoms with Crippen LogP contribution in [-0.4, -0.2) is 19.2 Å². The fourth-order valence-electron chi connectivity index (χ4n) is 1.75. The van der Waals surface area contributed by atoms with Gasteiger partial charge >= 0.3 is 5.97 Å². The molecule has 1 aliphatic rings. The Bertz CT molecular complexity index is 456. The second kappa shape index (κ2) is 5.44. The van der Waals surface area contributed by atoms with E-state index in [-0.39, 0.29) is 24.1 Å². The molecule has 1 saturated heterocycles. The first kappa shape index (κ1) is 13.0. The zero-order valence-corrected chi connectivity index (χ0v) is 10.0. The van der Waals surface area contributed by atoms with Gasteiger partial charge in [0.2, 0.25) is 0 Å². The summed E-state index contributed by atoms with van der Waals surface area (Å²) < 4.78 is 36.5. The van der Waals surface area contributed by atoms with E-state index in [2.05, 4.69) is 0 Å². The van der Waals surface area contributed by atoms with Gasteiger partial charge in [0.1, 0.15) is 6.10 Å². The van der Waals surface area contributed by atoms with Crippen molar-refractivity contribution in [1.82, 2.24) is 0 Å². The van der Waals surface area contributed by atoms with E-state index in [0.29, 0.717) is 25.2 Å². The lowest BCUT2D eigenvalue weighted by atomic mass is 10.0. The monoisotopic (exact) mass is 256 g/mol. The Hall–Kier alpha value is -1.49. The molecule has 1 aromatic rings. The first-order chi connectivity index (χ1) is 8.61. The van der Waals surface area contributed by atoms with E-state index in [1.54, 1.807) is 13.0 Å². The highest BCUT2D eigenvalue weighted by Gasteiger charge is 2.29. The highest BCUT2D eigenvalue weighted by atomic mass is 19.2. The van der Waals surface area contributed by atoms with Gasteiger partial charge < -0.3 is 9.47 Å². The van der Waals surface area contributed by atoms with Gasteiger partial charge in [0.25, 0.3) is 0 Å². The summed E-state index contributed by atoms with van der Waals surface area (Å²) in [5.41, 5.74) is 0.807. The number of benzene rings is 1. The van der Waals surface area contributed by atoms with Crippen molar-refractivity contribution in [3.8, 4) is 0 Å². The van der Waals surface area contributed by atoms with Crippen LogP contribution in [0.15, 0.2) is 12.1 Å². The van der Waals surface area contributed by atoms with Crippen LogP contribution < -0.4 is 0 Å². The molecule has 0 spiro atoms. The van der Waals surface area contributed by atoms with E-state index in [1.165, 1.54) is 0 Å². The summed E-state index contributed by atoms with van der Waals surface area (Å²) in [6.45, 7) is 2.45. The van der Waals surface area contributed by atoms with Gasteiger partial charge in [0.05, 0.1) is 13.2 Å². The minimum Gasteiger partial charge on any atom is -0.466 e. The van der Waals surface area contributed by atoms with Crippen LogP contribution in [-0.2, 0) is 20.7 Å². The van der Waals surface area contributed by atoms with Crippen molar-refractivity contribution in [3.63, 3.8) is 0 Å². The van der Waals surface area contributed by atoms with Crippen LogP contribution in [0, 0.1) is 11.6 Å². The normalized spacial score (nSPS) is 17.6. The van der Waals surface area contributed by atoms with Gasteiger partial charge in [-0.15, -0.1) is 0 Å². The highest BCUT2D eigenvalue weighted by molar-refractivity contribution is 5.69. The fraction of sp³-hybridized carbons (Fsp3) is 0.462. The molecule has 1 fully saturated rings. The van der Waals surface area contributed by atoms with Crippen LogP contribution in [0.1, 0.15) is 30.6 Å². The number of rotatable bonds is 5. The molecule has 1 aliphatic heterocycles. The molecule has 5 heteroatoms. The lowest BCUT2D eigenvalue weighted by Gasteiger charge is -2.06. The van der Waals surface area contributed by atoms with E-state index < -0.39 is 11.6 Å². The number of carbonyl (C=O) groups excluding carboxylic acids is 1. The second-order valence-corrected chi connectivity index (χ2v) is 4.11. The number of esters is 1. The Labute approximate surface area is 104 Å². The maximum absolute atomic E-state index is 13.4. The van der Waals surface area contributed by atoms with Crippen LogP contribution in [0.3, 0.4) is 0 Å². The summed E-state index contributed by atoms with van der Waals surface area (Å²) in [5, 5.41) is 0. The molecule has 0 aliphatic carbocycles. The Morgan fingerprint density at radius 1 is 1.50 bits per heavy atom. The van der Waals surface area contributed by atoms with Gasteiger partial charge in [-0.05, 0) is 31.0 Å². The topological polar surface area (TPSA) is 38.8 Å². The molecule has 0 unspecified atom stereocenters. The van der Waals surface area contributed by atoms with Gasteiger partial charge in [-0.25, -0.2) is 8.78 Å². The van der Waals surface area contributed by atoms with E-state index >= 15 is 0 Å². The SMILES string of the molecule is CCOC(=O)CCc1cc(F)c(F)c([C@H]2CO2)c1. The predicted octanol–water partition coefficient (Wildman–Crippen LogP) is 2.53. The number of halogens is 2. The summed E-state index contributed by atoms with van der Waals surface area (Å²) in [7, 11) is 0. The number of aryl methyl sites for hydroxylation is 1. The molecular weight excluding hydrogens is 242 g/mol. The molecule has 98 valence electrons. The summed E-state index contributed by atoms with van der Waals surface area (Å²) in [5.74, 6) is -2.11. The molecule has 0 radical (unpaired) electrons. The smallest absolute Gasteiger partial charge is 0.306 e. The molecule has 0 aromatic heterocycles. The van der Waals surface area contributed by atoms with Crippen molar-refractivity contribution in [2.24, 2.45) is 0 Å². The Kier molecular flexibility index (Phi) is 3.91. The molecule has 3 nitrogen and oxygen atoms in total. The van der Waals surface area contributed by atoms with Gasteiger partial charge in [-0.1, -0.05) is 0 Å². The average molecular weight is 256 g/mol. The molecule has 0 bridgehead atoms. The van der Waals surface area contributed by atoms with Gasteiger partial charge in [-0.3, -0.25) is 4.79 Å². The third-order valence-electron chi connectivity index (χ3n) is 2.72. The average Bonchev–Trinajstić information content (AvgIpc) is 3.15. The first-order valence-corrected chi connectivity index (χ1v) is 5.87. The van der Waals surface area contributed by atoms with E-state index in [0.717, 1.165) is 6.07 Å². The summed E-state index contributed by atoms with van der Waals surface area (Å²) in [6, 6.07) is 2.66. The third-order valence-corrected chi connectivity index (χ3v) is 2.72. The first-order valence-electron chi connectivity index (χ1n) is 5.87. The number of epoxide rings is 1.